The number of nitrogens with zero attached hydrogens (tertiary/aromatic N) is 1. The summed E-state index contributed by atoms with van der Waals surface area (Å²) in [5.41, 5.74) is 1.42. The molecule has 1 aliphatic rings. The average molecular weight is 308 g/mol. The molecule has 0 radical (unpaired) electrons. The van der Waals surface area contributed by atoms with E-state index in [-0.39, 0.29) is 4.90 Å². The number of benzene rings is 3. The fourth-order valence-electron chi connectivity index (χ4n) is 2.60. The number of fused-ring (bicyclic) bond motifs is 2. The molecule has 0 aromatic heterocycles. The van der Waals surface area contributed by atoms with E-state index >= 15 is 0 Å². The normalized spacial score (nSPS) is 15.4. The van der Waals surface area contributed by atoms with E-state index < -0.39 is 10.0 Å². The molecule has 0 spiro atoms. The Morgan fingerprint density at radius 1 is 0.818 bits per heavy atom. The molecule has 1 aliphatic heterocycles. The van der Waals surface area contributed by atoms with Crippen molar-refractivity contribution in [3.05, 3.63) is 72.3 Å². The summed E-state index contributed by atoms with van der Waals surface area (Å²) in [5.74, 6) is 0.367. The van der Waals surface area contributed by atoms with Crippen LogP contribution in [0.1, 0.15) is 5.56 Å². The zero-order valence-electron chi connectivity index (χ0n) is 11.5. The van der Waals surface area contributed by atoms with Crippen LogP contribution in [0.3, 0.4) is 0 Å². The van der Waals surface area contributed by atoms with Gasteiger partial charge in [-0.2, -0.15) is 8.42 Å². The van der Waals surface area contributed by atoms with Crippen LogP contribution in [0.2, 0.25) is 0 Å². The molecular weight excluding hydrogens is 296 g/mol. The molecule has 0 atom stereocenters. The highest BCUT2D eigenvalue weighted by molar-refractivity contribution is 7.90. The highest BCUT2D eigenvalue weighted by Gasteiger charge is 2.28. The van der Waals surface area contributed by atoms with Crippen LogP contribution in [0, 0.1) is 0 Å². The lowest BCUT2D eigenvalue weighted by Gasteiger charge is -2.07. The minimum Gasteiger partial charge on any atom is -0.339 e. The molecule has 5 heteroatoms. The second kappa shape index (κ2) is 4.68. The number of sulfonamides is 1. The first kappa shape index (κ1) is 13.0. The van der Waals surface area contributed by atoms with Crippen molar-refractivity contribution in [3.63, 3.8) is 0 Å². The molecule has 3 aromatic carbocycles. The third kappa shape index (κ3) is 2.07. The van der Waals surface area contributed by atoms with E-state index in [0.717, 1.165) is 16.5 Å². The van der Waals surface area contributed by atoms with Crippen LogP contribution in [0.25, 0.3) is 10.8 Å². The second-order valence-electron chi connectivity index (χ2n) is 5.10. The van der Waals surface area contributed by atoms with Crippen LogP contribution in [0.4, 0.5) is 5.69 Å². The topological polar surface area (TPSA) is 58.5 Å². The van der Waals surface area contributed by atoms with Crippen LogP contribution < -0.4 is 5.32 Å². The third-order valence-electron chi connectivity index (χ3n) is 3.64. The van der Waals surface area contributed by atoms with Crippen molar-refractivity contribution in [2.24, 2.45) is 4.40 Å². The molecule has 0 aliphatic carbocycles. The minimum atomic E-state index is -3.59. The van der Waals surface area contributed by atoms with Crippen molar-refractivity contribution < 1.29 is 8.42 Å². The molecule has 0 saturated carbocycles. The summed E-state index contributed by atoms with van der Waals surface area (Å²) in [6.07, 6.45) is 0. The predicted octanol–water partition coefficient (Wildman–Crippen LogP) is 3.40. The Kier molecular flexibility index (Phi) is 2.77. The smallest absolute Gasteiger partial charge is 0.285 e. The van der Waals surface area contributed by atoms with Gasteiger partial charge in [0, 0.05) is 11.3 Å². The van der Waals surface area contributed by atoms with Crippen molar-refractivity contribution >= 4 is 32.3 Å². The second-order valence-corrected chi connectivity index (χ2v) is 6.67. The Hall–Kier alpha value is -2.66. The molecule has 1 N–H and O–H groups in total. The van der Waals surface area contributed by atoms with E-state index in [1.165, 1.54) is 0 Å². The first-order chi connectivity index (χ1) is 10.6. The van der Waals surface area contributed by atoms with Gasteiger partial charge in [0.1, 0.15) is 4.90 Å². The van der Waals surface area contributed by atoms with E-state index in [1.54, 1.807) is 24.3 Å². The summed E-state index contributed by atoms with van der Waals surface area (Å²) in [6.45, 7) is 0. The Morgan fingerprint density at radius 2 is 1.55 bits per heavy atom. The first-order valence-corrected chi connectivity index (χ1v) is 8.28. The monoisotopic (exact) mass is 308 g/mol. The summed E-state index contributed by atoms with van der Waals surface area (Å²) in [5, 5.41) is 5.33. The molecule has 0 amide bonds. The number of anilines is 1. The highest BCUT2D eigenvalue weighted by atomic mass is 32.2. The third-order valence-corrected chi connectivity index (χ3v) is 4.98. The van der Waals surface area contributed by atoms with Gasteiger partial charge in [0.05, 0.1) is 0 Å². The summed E-state index contributed by atoms with van der Waals surface area (Å²) in [6, 6.07) is 20.7. The van der Waals surface area contributed by atoms with Crippen LogP contribution in [-0.2, 0) is 10.0 Å². The Bertz CT molecular complexity index is 1020. The summed E-state index contributed by atoms with van der Waals surface area (Å²) in [7, 11) is -3.59. The molecule has 0 bridgehead atoms. The maximum absolute atomic E-state index is 12.0. The van der Waals surface area contributed by atoms with Crippen LogP contribution in [0.15, 0.2) is 76.0 Å². The molecule has 0 unspecified atom stereocenters. The Morgan fingerprint density at radius 3 is 2.41 bits per heavy atom. The van der Waals surface area contributed by atoms with Gasteiger partial charge < -0.3 is 5.32 Å². The molecular formula is C17H12N2O2S. The predicted molar refractivity (Wildman–Crippen MR) is 87.7 cm³/mol. The number of amidine groups is 1. The lowest BCUT2D eigenvalue weighted by atomic mass is 10.1. The van der Waals surface area contributed by atoms with Crippen molar-refractivity contribution in [2.75, 3.05) is 5.32 Å². The maximum Gasteiger partial charge on any atom is 0.285 e. The van der Waals surface area contributed by atoms with Gasteiger partial charge in [-0.1, -0.05) is 42.5 Å². The standard InChI is InChI=1S/C17H12N2O2S/c20-22(21)16-8-4-3-7-15(16)17(19-22)18-14-10-9-12-5-1-2-6-13(12)11-14/h1-11H,(H,18,19). The van der Waals surface area contributed by atoms with E-state index in [1.807, 2.05) is 42.5 Å². The SMILES string of the molecule is O=S1(=O)N=C(Nc2ccc3ccccc3c2)c2ccccc21. The van der Waals surface area contributed by atoms with Crippen LogP contribution in [0.5, 0.6) is 0 Å². The van der Waals surface area contributed by atoms with Gasteiger partial charge in [0.15, 0.2) is 5.84 Å². The van der Waals surface area contributed by atoms with E-state index in [0.29, 0.717) is 11.4 Å². The van der Waals surface area contributed by atoms with Gasteiger partial charge in [0.2, 0.25) is 0 Å². The molecule has 3 aromatic rings. The molecule has 108 valence electrons. The van der Waals surface area contributed by atoms with Gasteiger partial charge in [-0.25, -0.2) is 0 Å². The quantitative estimate of drug-likeness (QED) is 0.749. The number of rotatable bonds is 1. The number of hydrogen-bond donors (Lipinski definition) is 1. The van der Waals surface area contributed by atoms with Crippen molar-refractivity contribution in [1.82, 2.24) is 0 Å². The largest absolute Gasteiger partial charge is 0.339 e. The van der Waals surface area contributed by atoms with E-state index in [9.17, 15) is 8.42 Å². The zero-order valence-corrected chi connectivity index (χ0v) is 12.3. The van der Waals surface area contributed by atoms with Gasteiger partial charge in [-0.15, -0.1) is 4.40 Å². The Balaban J connectivity index is 1.77. The Labute approximate surface area is 128 Å². The molecule has 0 saturated heterocycles. The zero-order chi connectivity index (χ0) is 15.2. The highest BCUT2D eigenvalue weighted by Crippen LogP contribution is 2.27. The summed E-state index contributed by atoms with van der Waals surface area (Å²) in [4.78, 5) is 0.248. The number of nitrogens with one attached hydrogen (secondary N) is 1. The first-order valence-electron chi connectivity index (χ1n) is 6.84. The minimum absolute atomic E-state index is 0.248. The maximum atomic E-state index is 12.0. The van der Waals surface area contributed by atoms with Gasteiger partial charge in [-0.3, -0.25) is 0 Å². The summed E-state index contributed by atoms with van der Waals surface area (Å²) < 4.78 is 27.9. The fourth-order valence-corrected chi connectivity index (χ4v) is 3.78. The summed E-state index contributed by atoms with van der Waals surface area (Å²) >= 11 is 0. The van der Waals surface area contributed by atoms with Crippen LogP contribution in [-0.4, -0.2) is 14.3 Å². The van der Waals surface area contributed by atoms with Gasteiger partial charge >= 0.3 is 0 Å². The number of hydrogen-bond acceptors (Lipinski definition) is 3. The average Bonchev–Trinajstić information content (AvgIpc) is 2.79. The molecule has 4 nitrogen and oxygen atoms in total. The molecule has 1 heterocycles. The lowest BCUT2D eigenvalue weighted by Crippen LogP contribution is -2.11. The molecule has 0 fully saturated rings. The van der Waals surface area contributed by atoms with Crippen molar-refractivity contribution in [2.45, 2.75) is 4.90 Å². The molecule has 4 rings (SSSR count). The molecule has 22 heavy (non-hydrogen) atoms. The van der Waals surface area contributed by atoms with Gasteiger partial charge in [-0.05, 0) is 35.0 Å². The fraction of sp³-hybridized carbons (Fsp3) is 0. The van der Waals surface area contributed by atoms with Gasteiger partial charge in [0.25, 0.3) is 10.0 Å². The van der Waals surface area contributed by atoms with Crippen LogP contribution >= 0.6 is 0 Å². The van der Waals surface area contributed by atoms with E-state index in [4.69, 9.17) is 0 Å². The van der Waals surface area contributed by atoms with E-state index in [2.05, 4.69) is 9.71 Å². The van der Waals surface area contributed by atoms with Crippen molar-refractivity contribution in [1.29, 1.82) is 0 Å². The lowest BCUT2D eigenvalue weighted by molar-refractivity contribution is 0.599. The van der Waals surface area contributed by atoms with Crippen molar-refractivity contribution in [3.8, 4) is 0 Å².